The maximum absolute atomic E-state index is 12.8. The van der Waals surface area contributed by atoms with Crippen LogP contribution in [0.5, 0.6) is 0 Å². The van der Waals surface area contributed by atoms with Gasteiger partial charge in [0.15, 0.2) is 17.8 Å². The van der Waals surface area contributed by atoms with Crippen molar-refractivity contribution < 1.29 is 9.21 Å². The van der Waals surface area contributed by atoms with Crippen LogP contribution >= 0.6 is 0 Å². The van der Waals surface area contributed by atoms with Crippen molar-refractivity contribution in [3.8, 4) is 17.0 Å². The summed E-state index contributed by atoms with van der Waals surface area (Å²) in [6, 6.07) is 15.3. The van der Waals surface area contributed by atoms with Gasteiger partial charge in [-0.2, -0.15) is 0 Å². The van der Waals surface area contributed by atoms with Gasteiger partial charge in [0.2, 0.25) is 0 Å². The fourth-order valence-electron chi connectivity index (χ4n) is 2.79. The van der Waals surface area contributed by atoms with Gasteiger partial charge in [0, 0.05) is 18.0 Å². The molecular formula is C20H16N4O2. The van der Waals surface area contributed by atoms with Crippen LogP contribution in [0.2, 0.25) is 0 Å². The normalized spacial score (nSPS) is 10.7. The predicted molar refractivity (Wildman–Crippen MR) is 98.2 cm³/mol. The number of imidazole rings is 1. The smallest absolute Gasteiger partial charge is 0.278 e. The molecule has 0 bridgehead atoms. The van der Waals surface area contributed by atoms with Crippen molar-refractivity contribution in [2.24, 2.45) is 0 Å². The Bertz CT molecular complexity index is 1050. The van der Waals surface area contributed by atoms with Gasteiger partial charge in [-0.05, 0) is 25.1 Å². The summed E-state index contributed by atoms with van der Waals surface area (Å²) in [5.74, 6) is 0.120. The Labute approximate surface area is 150 Å². The molecule has 0 unspecified atom stereocenters. The van der Waals surface area contributed by atoms with Crippen LogP contribution in [-0.2, 0) is 0 Å². The van der Waals surface area contributed by atoms with Gasteiger partial charge in [0.25, 0.3) is 5.91 Å². The molecule has 6 heteroatoms. The molecule has 2 aromatic heterocycles. The van der Waals surface area contributed by atoms with Gasteiger partial charge in [0.1, 0.15) is 0 Å². The fraction of sp³-hybridized carbons (Fsp3) is 0.0500. The van der Waals surface area contributed by atoms with Crippen molar-refractivity contribution in [3.05, 3.63) is 84.9 Å². The number of aryl methyl sites for hydroxylation is 1. The second-order valence-electron chi connectivity index (χ2n) is 5.84. The minimum atomic E-state index is -0.331. The molecule has 0 saturated carbocycles. The number of anilines is 1. The highest BCUT2D eigenvalue weighted by atomic mass is 16.3. The molecule has 0 fully saturated rings. The first-order valence-electron chi connectivity index (χ1n) is 8.11. The van der Waals surface area contributed by atoms with E-state index >= 15 is 0 Å². The van der Waals surface area contributed by atoms with E-state index in [1.807, 2.05) is 66.2 Å². The first-order valence-corrected chi connectivity index (χ1v) is 8.11. The van der Waals surface area contributed by atoms with E-state index in [-0.39, 0.29) is 11.6 Å². The average Bonchev–Trinajstić information content (AvgIpc) is 3.34. The van der Waals surface area contributed by atoms with Crippen molar-refractivity contribution in [1.29, 1.82) is 0 Å². The molecule has 0 aliphatic carbocycles. The van der Waals surface area contributed by atoms with Gasteiger partial charge in [-0.1, -0.05) is 35.9 Å². The van der Waals surface area contributed by atoms with E-state index in [0.717, 1.165) is 16.8 Å². The average molecular weight is 344 g/mol. The zero-order valence-corrected chi connectivity index (χ0v) is 14.1. The molecule has 1 amide bonds. The third-order valence-electron chi connectivity index (χ3n) is 4.00. The SMILES string of the molecule is Cc1cccc(-c2ocnc2C(=O)Nc2ccccc2-n2ccnc2)c1. The number of para-hydroxylation sites is 2. The Morgan fingerprint density at radius 1 is 1.15 bits per heavy atom. The van der Waals surface area contributed by atoms with Crippen LogP contribution in [0.15, 0.2) is 78.1 Å². The van der Waals surface area contributed by atoms with Gasteiger partial charge in [-0.3, -0.25) is 4.79 Å². The summed E-state index contributed by atoms with van der Waals surface area (Å²) in [6.07, 6.45) is 6.47. The number of nitrogens with one attached hydrogen (secondary N) is 1. The van der Waals surface area contributed by atoms with Crippen molar-refractivity contribution in [1.82, 2.24) is 14.5 Å². The highest BCUT2D eigenvalue weighted by Gasteiger charge is 2.19. The van der Waals surface area contributed by atoms with Crippen LogP contribution in [0.1, 0.15) is 16.1 Å². The lowest BCUT2D eigenvalue weighted by molar-refractivity contribution is 0.102. The number of rotatable bonds is 4. The molecule has 6 nitrogen and oxygen atoms in total. The summed E-state index contributed by atoms with van der Waals surface area (Å²) in [5, 5.41) is 2.92. The number of aromatic nitrogens is 3. The summed E-state index contributed by atoms with van der Waals surface area (Å²) in [7, 11) is 0. The van der Waals surface area contributed by atoms with Gasteiger partial charge < -0.3 is 14.3 Å². The lowest BCUT2D eigenvalue weighted by atomic mass is 10.1. The monoisotopic (exact) mass is 344 g/mol. The molecule has 0 saturated heterocycles. The van der Waals surface area contributed by atoms with Crippen molar-refractivity contribution >= 4 is 11.6 Å². The minimum absolute atomic E-state index is 0.246. The summed E-state index contributed by atoms with van der Waals surface area (Å²) >= 11 is 0. The van der Waals surface area contributed by atoms with Crippen molar-refractivity contribution in [2.75, 3.05) is 5.32 Å². The third-order valence-corrected chi connectivity index (χ3v) is 4.00. The lowest BCUT2D eigenvalue weighted by Crippen LogP contribution is -2.15. The van der Waals surface area contributed by atoms with Crippen LogP contribution in [0.25, 0.3) is 17.0 Å². The van der Waals surface area contributed by atoms with Gasteiger partial charge in [-0.25, -0.2) is 9.97 Å². The number of carbonyl (C=O) groups is 1. The Balaban J connectivity index is 1.66. The second kappa shape index (κ2) is 6.68. The van der Waals surface area contributed by atoms with Crippen LogP contribution in [0.4, 0.5) is 5.69 Å². The number of oxazole rings is 1. The fourth-order valence-corrected chi connectivity index (χ4v) is 2.79. The van der Waals surface area contributed by atoms with E-state index in [4.69, 9.17) is 4.42 Å². The largest absolute Gasteiger partial charge is 0.443 e. The molecule has 26 heavy (non-hydrogen) atoms. The maximum atomic E-state index is 12.8. The standard InChI is InChI=1S/C20H16N4O2/c1-14-5-4-6-15(11-14)19-18(22-13-26-19)20(25)23-16-7-2-3-8-17(16)24-10-9-21-12-24/h2-13H,1H3,(H,23,25). The highest BCUT2D eigenvalue weighted by Crippen LogP contribution is 2.26. The Morgan fingerprint density at radius 3 is 2.85 bits per heavy atom. The Hall–Kier alpha value is -3.67. The summed E-state index contributed by atoms with van der Waals surface area (Å²) in [5.41, 5.74) is 3.62. The molecule has 0 aliphatic heterocycles. The third kappa shape index (κ3) is 3.00. The molecule has 1 N–H and O–H groups in total. The van der Waals surface area contributed by atoms with Crippen LogP contribution in [-0.4, -0.2) is 20.4 Å². The molecule has 0 spiro atoms. The predicted octanol–water partition coefficient (Wildman–Crippen LogP) is 4.09. The second-order valence-corrected chi connectivity index (χ2v) is 5.84. The highest BCUT2D eigenvalue weighted by molar-refractivity contribution is 6.07. The molecule has 4 aromatic rings. The number of carbonyl (C=O) groups excluding carboxylic acids is 1. The molecule has 0 atom stereocenters. The van der Waals surface area contributed by atoms with Crippen molar-refractivity contribution in [2.45, 2.75) is 6.92 Å². The summed E-state index contributed by atoms with van der Waals surface area (Å²) < 4.78 is 7.31. The zero-order valence-electron chi connectivity index (χ0n) is 14.1. The lowest BCUT2D eigenvalue weighted by Gasteiger charge is -2.11. The van der Waals surface area contributed by atoms with Crippen LogP contribution in [0, 0.1) is 6.92 Å². The van der Waals surface area contributed by atoms with Gasteiger partial charge in [0.05, 0.1) is 17.7 Å². The van der Waals surface area contributed by atoms with Gasteiger partial charge in [-0.15, -0.1) is 0 Å². The molecule has 4 rings (SSSR count). The molecule has 0 aliphatic rings. The first kappa shape index (κ1) is 15.8. The summed E-state index contributed by atoms with van der Waals surface area (Å²) in [6.45, 7) is 1.99. The van der Waals surface area contributed by atoms with E-state index in [2.05, 4.69) is 15.3 Å². The topological polar surface area (TPSA) is 73.0 Å². The molecule has 2 aromatic carbocycles. The Morgan fingerprint density at radius 2 is 2.04 bits per heavy atom. The zero-order chi connectivity index (χ0) is 17.9. The number of hydrogen-bond donors (Lipinski definition) is 1. The van der Waals surface area contributed by atoms with E-state index < -0.39 is 0 Å². The van der Waals surface area contributed by atoms with Crippen LogP contribution in [0.3, 0.4) is 0 Å². The summed E-state index contributed by atoms with van der Waals surface area (Å²) in [4.78, 5) is 21.0. The van der Waals surface area contributed by atoms with Gasteiger partial charge >= 0.3 is 0 Å². The van der Waals surface area contributed by atoms with Crippen LogP contribution < -0.4 is 5.32 Å². The van der Waals surface area contributed by atoms with E-state index in [9.17, 15) is 4.79 Å². The number of benzene rings is 2. The minimum Gasteiger partial charge on any atom is -0.443 e. The van der Waals surface area contributed by atoms with E-state index in [0.29, 0.717) is 11.4 Å². The molecule has 128 valence electrons. The molecule has 2 heterocycles. The maximum Gasteiger partial charge on any atom is 0.278 e. The van der Waals surface area contributed by atoms with Crippen molar-refractivity contribution in [3.63, 3.8) is 0 Å². The number of hydrogen-bond acceptors (Lipinski definition) is 4. The first-order chi connectivity index (χ1) is 12.7. The quantitative estimate of drug-likeness (QED) is 0.605. The molecule has 0 radical (unpaired) electrons. The van der Waals surface area contributed by atoms with E-state index in [1.54, 1.807) is 12.5 Å². The molecular weight excluding hydrogens is 328 g/mol. The number of amides is 1. The van der Waals surface area contributed by atoms with E-state index in [1.165, 1.54) is 6.39 Å². The number of nitrogens with zero attached hydrogens (tertiary/aromatic N) is 3. The Kier molecular flexibility index (Phi) is 4.07.